The van der Waals surface area contributed by atoms with E-state index in [1.54, 1.807) is 26.6 Å². The lowest BCUT2D eigenvalue weighted by Crippen LogP contribution is -2.52. The third-order valence-corrected chi connectivity index (χ3v) is 12.6. The van der Waals surface area contributed by atoms with Gasteiger partial charge in [-0.3, -0.25) is 4.90 Å². The quantitative estimate of drug-likeness (QED) is 0.140. The number of hydrogen-bond donors (Lipinski definition) is 2. The van der Waals surface area contributed by atoms with Crippen molar-refractivity contribution in [2.75, 3.05) is 82.3 Å². The number of aromatic nitrogens is 4. The number of piperazine rings is 1. The third kappa shape index (κ3) is 7.71. The minimum atomic E-state index is -2.70. The molecule has 0 unspecified atom stereocenters. The van der Waals surface area contributed by atoms with Crippen molar-refractivity contribution in [1.82, 2.24) is 29.3 Å². The van der Waals surface area contributed by atoms with Gasteiger partial charge in [-0.2, -0.15) is 4.98 Å². The molecule has 2 aliphatic rings. The molecule has 2 N–H and O–H groups in total. The minimum Gasteiger partial charge on any atom is -0.494 e. The fraction of sp³-hybridized carbons (Fsp3) is 0.410. The Morgan fingerprint density at radius 1 is 0.904 bits per heavy atom. The van der Waals surface area contributed by atoms with Crippen LogP contribution in [0.2, 0.25) is 0 Å². The maximum atomic E-state index is 13.7. The first-order chi connectivity index (χ1) is 25.0. The van der Waals surface area contributed by atoms with Crippen LogP contribution in [0.5, 0.6) is 5.75 Å². The van der Waals surface area contributed by atoms with Gasteiger partial charge in [-0.15, -0.1) is 0 Å². The summed E-state index contributed by atoms with van der Waals surface area (Å²) < 4.78 is 22.3. The predicted molar refractivity (Wildman–Crippen MR) is 218 cm³/mol. The van der Waals surface area contributed by atoms with Crippen LogP contribution in [0.1, 0.15) is 25.3 Å². The van der Waals surface area contributed by atoms with Gasteiger partial charge in [0.2, 0.25) is 5.95 Å². The summed E-state index contributed by atoms with van der Waals surface area (Å²) in [6, 6.07) is 15.1. The van der Waals surface area contributed by atoms with Crippen molar-refractivity contribution in [3.63, 3.8) is 0 Å². The van der Waals surface area contributed by atoms with E-state index in [1.165, 1.54) is 37.2 Å². The van der Waals surface area contributed by atoms with Crippen molar-refractivity contribution in [3.8, 4) is 16.9 Å². The monoisotopic (exact) mass is 785 g/mol. The summed E-state index contributed by atoms with van der Waals surface area (Å²) in [5.74, 6) is 1.72. The van der Waals surface area contributed by atoms with E-state index in [0.29, 0.717) is 22.3 Å². The average molecular weight is 787 g/mol. The number of pyridine rings is 1. The Morgan fingerprint density at radius 3 is 2.38 bits per heavy atom. The summed E-state index contributed by atoms with van der Waals surface area (Å²) in [4.78, 5) is 21.7. The smallest absolute Gasteiger partial charge is 0.229 e. The molecule has 0 amide bonds. The standard InChI is InChI=1S/C39H49BrN9O2P/c1-7-26-21-33(35(51-4)23-34(26)49-14-11-30(12-15-49)48-18-16-46(2)17-19-48)44-39-42-25-31(40)37(45-39)43-32-9-8-27(22-36(32)52(5,6)50)29-20-28-10-13-47(3)38(28)41-24-29/h8-10,13,20-25,30H,7,11-12,14-19H2,1-6H3,(H2,42,43,44,45). The molecule has 2 aliphatic heterocycles. The fourth-order valence-electron chi connectivity index (χ4n) is 7.45. The number of hydrogen-bond acceptors (Lipinski definition) is 10. The number of likely N-dealkylation sites (N-methyl/N-ethyl adjacent to an activating group) is 1. The highest BCUT2D eigenvalue weighted by atomic mass is 79.9. The number of rotatable bonds is 10. The zero-order valence-electron chi connectivity index (χ0n) is 31.0. The van der Waals surface area contributed by atoms with Gasteiger partial charge in [-0.25, -0.2) is 9.97 Å². The first kappa shape index (κ1) is 36.4. The molecule has 0 radical (unpaired) electrons. The molecule has 0 spiro atoms. The van der Waals surface area contributed by atoms with Crippen molar-refractivity contribution >= 4 is 68.2 Å². The van der Waals surface area contributed by atoms with Crippen molar-refractivity contribution in [2.24, 2.45) is 7.05 Å². The van der Waals surface area contributed by atoms with Crippen LogP contribution < -0.4 is 25.6 Å². The highest BCUT2D eigenvalue weighted by Crippen LogP contribution is 2.41. The molecule has 52 heavy (non-hydrogen) atoms. The Balaban J connectivity index is 1.10. The number of anilines is 5. The van der Waals surface area contributed by atoms with Gasteiger partial charge >= 0.3 is 0 Å². The van der Waals surface area contributed by atoms with Crippen LogP contribution in [0.4, 0.5) is 28.8 Å². The largest absolute Gasteiger partial charge is 0.494 e. The molecule has 5 aromatic rings. The van der Waals surface area contributed by atoms with Crippen LogP contribution in [0.25, 0.3) is 22.2 Å². The second-order valence-corrected chi connectivity index (χ2v) is 18.4. The number of aryl methyl sites for hydroxylation is 2. The normalized spacial score (nSPS) is 16.4. The number of nitrogens with one attached hydrogen (secondary N) is 2. The molecular formula is C39H49BrN9O2P. The number of benzene rings is 2. The van der Waals surface area contributed by atoms with E-state index in [0.717, 1.165) is 77.2 Å². The molecule has 2 aromatic carbocycles. The van der Waals surface area contributed by atoms with Gasteiger partial charge in [0.15, 0.2) is 0 Å². The molecule has 0 aliphatic carbocycles. The molecule has 3 aromatic heterocycles. The van der Waals surface area contributed by atoms with Crippen LogP contribution in [0.15, 0.2) is 65.5 Å². The first-order valence-electron chi connectivity index (χ1n) is 18.1. The van der Waals surface area contributed by atoms with Gasteiger partial charge in [0.25, 0.3) is 0 Å². The molecule has 7 rings (SSSR count). The zero-order chi connectivity index (χ0) is 36.6. The first-order valence-corrected chi connectivity index (χ1v) is 21.5. The van der Waals surface area contributed by atoms with Crippen molar-refractivity contribution in [3.05, 3.63) is 71.1 Å². The Hall–Kier alpha value is -3.96. The number of methoxy groups -OCH3 is 1. The fourth-order valence-corrected chi connectivity index (χ4v) is 8.91. The van der Waals surface area contributed by atoms with Gasteiger partial charge in [0.05, 0.1) is 23.0 Å². The maximum Gasteiger partial charge on any atom is 0.229 e. The highest BCUT2D eigenvalue weighted by Gasteiger charge is 2.28. The van der Waals surface area contributed by atoms with Crippen LogP contribution >= 0.6 is 23.1 Å². The molecule has 2 saturated heterocycles. The number of halogens is 1. The maximum absolute atomic E-state index is 13.7. The van der Waals surface area contributed by atoms with E-state index in [9.17, 15) is 4.57 Å². The molecule has 0 saturated carbocycles. The van der Waals surface area contributed by atoms with E-state index in [4.69, 9.17) is 9.72 Å². The van der Waals surface area contributed by atoms with Gasteiger partial charge < -0.3 is 34.3 Å². The van der Waals surface area contributed by atoms with Crippen LogP contribution in [0, 0.1) is 0 Å². The number of nitrogens with zero attached hydrogens (tertiary/aromatic N) is 7. The molecule has 0 bridgehead atoms. The Bertz CT molecular complexity index is 2120. The molecule has 0 atom stereocenters. The van der Waals surface area contributed by atoms with E-state index < -0.39 is 7.14 Å². The van der Waals surface area contributed by atoms with Gasteiger partial charge in [-0.05, 0) is 97.0 Å². The summed E-state index contributed by atoms with van der Waals surface area (Å²) in [7, 11) is 3.21. The van der Waals surface area contributed by atoms with Gasteiger partial charge in [0, 0.05) is 99.0 Å². The summed E-state index contributed by atoms with van der Waals surface area (Å²) in [5, 5.41) is 8.66. The van der Waals surface area contributed by atoms with Crippen molar-refractivity contribution in [2.45, 2.75) is 32.2 Å². The second-order valence-electron chi connectivity index (χ2n) is 14.4. The molecule has 2 fully saturated rings. The van der Waals surface area contributed by atoms with Gasteiger partial charge in [0.1, 0.15) is 24.4 Å². The average Bonchev–Trinajstić information content (AvgIpc) is 3.52. The lowest BCUT2D eigenvalue weighted by atomic mass is 9.99. The minimum absolute atomic E-state index is 0.420. The Kier molecular flexibility index (Phi) is 10.6. The summed E-state index contributed by atoms with van der Waals surface area (Å²) in [6.07, 6.45) is 8.83. The summed E-state index contributed by atoms with van der Waals surface area (Å²) in [6.45, 7) is 12.5. The summed E-state index contributed by atoms with van der Waals surface area (Å²) >= 11 is 3.63. The SMILES string of the molecule is CCc1cc(Nc2ncc(Br)c(Nc3ccc(-c4cnc5c(ccn5C)c4)cc3P(C)(C)=O)n2)c(OC)cc1N1CCC(N2CCN(C)CC2)CC1. The van der Waals surface area contributed by atoms with E-state index in [-0.39, 0.29) is 0 Å². The van der Waals surface area contributed by atoms with Crippen LogP contribution in [-0.4, -0.2) is 102 Å². The lowest BCUT2D eigenvalue weighted by molar-refractivity contribution is 0.0982. The second kappa shape index (κ2) is 15.2. The van der Waals surface area contributed by atoms with E-state index in [2.05, 4.69) is 89.5 Å². The molecular weight excluding hydrogens is 737 g/mol. The summed E-state index contributed by atoms with van der Waals surface area (Å²) in [5.41, 5.74) is 6.87. The molecule has 11 nitrogen and oxygen atoms in total. The molecule has 13 heteroatoms. The van der Waals surface area contributed by atoms with Crippen molar-refractivity contribution < 1.29 is 9.30 Å². The van der Waals surface area contributed by atoms with Crippen molar-refractivity contribution in [1.29, 1.82) is 0 Å². The van der Waals surface area contributed by atoms with E-state index in [1.807, 2.05) is 42.2 Å². The number of fused-ring (bicyclic) bond motifs is 1. The number of ether oxygens (including phenoxy) is 1. The zero-order valence-corrected chi connectivity index (χ0v) is 33.5. The Labute approximate surface area is 315 Å². The predicted octanol–water partition coefficient (Wildman–Crippen LogP) is 7.32. The van der Waals surface area contributed by atoms with Gasteiger partial charge in [-0.1, -0.05) is 13.0 Å². The Morgan fingerprint density at radius 2 is 1.67 bits per heavy atom. The lowest BCUT2D eigenvalue weighted by Gasteiger charge is -2.43. The third-order valence-electron chi connectivity index (χ3n) is 10.5. The highest BCUT2D eigenvalue weighted by molar-refractivity contribution is 9.10. The van der Waals surface area contributed by atoms with Crippen LogP contribution in [0.3, 0.4) is 0 Å². The topological polar surface area (TPSA) is 104 Å². The molecule has 274 valence electrons. The number of piperidine rings is 1. The van der Waals surface area contributed by atoms with Crippen LogP contribution in [-0.2, 0) is 18.0 Å². The van der Waals surface area contributed by atoms with E-state index >= 15 is 0 Å². The molecule has 5 heterocycles.